The summed E-state index contributed by atoms with van der Waals surface area (Å²) in [6.45, 7) is 17.8. The number of ether oxygens (including phenoxy) is 2. The minimum Gasteiger partial charge on any atom is -0.395 e. The number of likely N-dealkylation sites (tertiary alicyclic amines) is 1. The fourth-order valence-electron chi connectivity index (χ4n) is 16.7. The second-order valence-electron chi connectivity index (χ2n) is 25.9. The molecule has 4 aliphatic carbocycles. The molecule has 1 unspecified atom stereocenters. The molecule has 3 saturated heterocycles. The molecule has 12 rings (SSSR count). The van der Waals surface area contributed by atoms with E-state index in [1.165, 1.54) is 43.2 Å². The van der Waals surface area contributed by atoms with Crippen molar-refractivity contribution in [3.63, 3.8) is 0 Å². The summed E-state index contributed by atoms with van der Waals surface area (Å²) < 4.78 is 52.6. The summed E-state index contributed by atoms with van der Waals surface area (Å²) in [7, 11) is 0. The second kappa shape index (κ2) is 27.6. The monoisotopic (exact) mass is 1210 g/mol. The molecular weight excluding hydrogens is 1120 g/mol. The van der Waals surface area contributed by atoms with E-state index in [4.69, 9.17) is 14.6 Å². The predicted molar refractivity (Wildman–Crippen MR) is 335 cm³/mol. The number of fused-ring (bicyclic) bond motifs is 9. The van der Waals surface area contributed by atoms with E-state index in [0.717, 1.165) is 116 Å². The smallest absolute Gasteiger partial charge is 0.395 e. The van der Waals surface area contributed by atoms with Crippen LogP contribution in [-0.4, -0.2) is 143 Å². The average molecular weight is 1210 g/mol. The van der Waals surface area contributed by atoms with Gasteiger partial charge < -0.3 is 34.6 Å². The van der Waals surface area contributed by atoms with Gasteiger partial charge in [0.1, 0.15) is 12.4 Å². The highest BCUT2D eigenvalue weighted by molar-refractivity contribution is 7.99. The van der Waals surface area contributed by atoms with E-state index in [1.54, 1.807) is 18.2 Å². The average Bonchev–Trinajstić information content (AvgIpc) is 1.56. The van der Waals surface area contributed by atoms with Crippen molar-refractivity contribution in [2.45, 2.75) is 163 Å². The maximum atomic E-state index is 13.4. The van der Waals surface area contributed by atoms with Gasteiger partial charge in [0.25, 0.3) is 0 Å². The van der Waals surface area contributed by atoms with Crippen molar-refractivity contribution in [1.29, 1.82) is 0 Å². The van der Waals surface area contributed by atoms with E-state index in [0.29, 0.717) is 49.6 Å². The summed E-state index contributed by atoms with van der Waals surface area (Å²) in [6.07, 6.45) is 12.1. The van der Waals surface area contributed by atoms with Crippen molar-refractivity contribution < 1.29 is 52.3 Å². The summed E-state index contributed by atoms with van der Waals surface area (Å²) in [5.74, 6) is 0.346. The molecule has 0 aromatic heterocycles. The Morgan fingerprint density at radius 2 is 1.46 bits per heavy atom. The van der Waals surface area contributed by atoms with Crippen LogP contribution in [0, 0.1) is 28.6 Å². The van der Waals surface area contributed by atoms with E-state index in [-0.39, 0.29) is 41.3 Å². The number of hydrogen-bond acceptors (Lipinski definition) is 12. The third kappa shape index (κ3) is 12.9. The number of β-amino-alcohol motifs (C(OH)–C–C–N with tert-alkyl or cyclic N) is 1. The van der Waals surface area contributed by atoms with E-state index in [1.807, 2.05) is 49.4 Å². The molecule has 11 nitrogen and oxygen atoms in total. The first-order chi connectivity index (χ1) is 41.8. The Labute approximate surface area is 517 Å². The summed E-state index contributed by atoms with van der Waals surface area (Å²) in [5, 5.41) is 30.5. The molecule has 3 saturated carbocycles. The van der Waals surface area contributed by atoms with Gasteiger partial charge in [0.2, 0.25) is 0 Å². The molecule has 8 aliphatic rings. The molecule has 4 aromatic rings. The molecule has 15 heteroatoms. The molecule has 4 aromatic carbocycles. The second-order valence-corrected chi connectivity index (χ2v) is 27.0. The zero-order valence-corrected chi connectivity index (χ0v) is 52.3. The molecule has 0 bridgehead atoms. The van der Waals surface area contributed by atoms with E-state index in [9.17, 15) is 37.8 Å². The first-order valence-corrected chi connectivity index (χ1v) is 32.9. The van der Waals surface area contributed by atoms with Crippen LogP contribution >= 0.6 is 11.8 Å². The maximum absolute atomic E-state index is 13.4. The summed E-state index contributed by atoms with van der Waals surface area (Å²) in [4.78, 5) is 47.8. The number of alkyl halides is 3. The van der Waals surface area contributed by atoms with Crippen LogP contribution in [0.15, 0.2) is 143 Å². The van der Waals surface area contributed by atoms with Crippen LogP contribution in [0.5, 0.6) is 0 Å². The van der Waals surface area contributed by atoms with Gasteiger partial charge in [-0.2, -0.15) is 13.2 Å². The Morgan fingerprint density at radius 3 is 2.09 bits per heavy atom. The molecule has 87 heavy (non-hydrogen) atoms. The number of piperazine rings is 1. The number of carbonyl (C=O) groups is 3. The van der Waals surface area contributed by atoms with Crippen molar-refractivity contribution in [2.75, 3.05) is 65.6 Å². The van der Waals surface area contributed by atoms with Crippen molar-refractivity contribution >= 4 is 34.7 Å². The first kappa shape index (κ1) is 64.9. The molecule has 10 atom stereocenters. The highest BCUT2D eigenvalue weighted by atomic mass is 32.2. The molecule has 6 fully saturated rings. The SMILES string of the molecule is CCC(=O)C(CC(C)N1CCCCC1)(c1ccccc1)c1ccccc1.CCC[C@@H]1O[C@@H]2C[C@H]3[C@@H]4CCC5=CC(=O)C=C[C@]5(C)[C@H]4[C@@H](O)C[C@]3(C)[C@]2(C(=O)CO)O1.OCCN1CCN(CC/C=C2/c3ccccc3Sc3ccc(C(F)(F)F)cc32)CC1. The Hall–Kier alpha value is -5.07. The van der Waals surface area contributed by atoms with Gasteiger partial charge in [0.05, 0.1) is 29.8 Å². The third-order valence-corrected chi connectivity index (χ3v) is 22.1. The van der Waals surface area contributed by atoms with E-state index >= 15 is 0 Å². The predicted octanol–water partition coefficient (Wildman–Crippen LogP) is 12.5. The van der Waals surface area contributed by atoms with Crippen LogP contribution in [-0.2, 0) is 35.4 Å². The van der Waals surface area contributed by atoms with Gasteiger partial charge >= 0.3 is 6.18 Å². The first-order valence-electron chi connectivity index (χ1n) is 32.1. The minimum absolute atomic E-state index is 0.0125. The molecule has 0 radical (unpaired) electrons. The Balaban J connectivity index is 0.000000145. The molecule has 468 valence electrons. The highest BCUT2D eigenvalue weighted by Gasteiger charge is 2.75. The van der Waals surface area contributed by atoms with Crippen LogP contribution < -0.4 is 0 Å². The van der Waals surface area contributed by atoms with Gasteiger partial charge in [-0.3, -0.25) is 19.3 Å². The number of hydrogen-bond donors (Lipinski definition) is 3. The summed E-state index contributed by atoms with van der Waals surface area (Å²) >= 11 is 1.53. The van der Waals surface area contributed by atoms with Gasteiger partial charge in [-0.1, -0.05) is 149 Å². The number of nitrogens with zero attached hydrogens (tertiary/aromatic N) is 3. The number of aliphatic hydroxyl groups is 3. The van der Waals surface area contributed by atoms with Crippen LogP contribution in [0.4, 0.5) is 13.2 Å². The lowest BCUT2D eigenvalue weighted by Gasteiger charge is -2.59. The Kier molecular flexibility index (Phi) is 20.6. The highest BCUT2D eigenvalue weighted by Crippen LogP contribution is 2.70. The number of Topliss-reactive ketones (excluding diaryl/α,β-unsaturated/α-hetero) is 2. The van der Waals surface area contributed by atoms with Crippen molar-refractivity contribution in [3.05, 3.63) is 161 Å². The largest absolute Gasteiger partial charge is 0.416 e. The molecule has 3 N–H and O–H groups in total. The molecular formula is C72H90F3N3O8S. The van der Waals surface area contributed by atoms with Crippen molar-refractivity contribution in [1.82, 2.24) is 14.7 Å². The normalized spacial score (nSPS) is 29.6. The number of ketones is 3. The van der Waals surface area contributed by atoms with Crippen molar-refractivity contribution in [3.8, 4) is 0 Å². The minimum atomic E-state index is -4.35. The number of halogens is 3. The van der Waals surface area contributed by atoms with Gasteiger partial charge in [-0.05, 0) is 154 Å². The lowest BCUT2D eigenvalue weighted by Crippen LogP contribution is -2.63. The zero-order chi connectivity index (χ0) is 61.7. The topological polar surface area (TPSA) is 140 Å². The summed E-state index contributed by atoms with van der Waals surface area (Å²) in [5.41, 5.74) is 2.60. The molecule has 0 amide bonds. The Bertz CT molecular complexity index is 3100. The van der Waals surface area contributed by atoms with Crippen LogP contribution in [0.25, 0.3) is 5.57 Å². The molecule has 4 aliphatic heterocycles. The molecule has 4 heterocycles. The molecule has 0 spiro atoms. The quantitative estimate of drug-likeness (QED) is 0.0866. The Morgan fingerprint density at radius 1 is 0.816 bits per heavy atom. The number of carbonyl (C=O) groups excluding carboxylic acids is 3. The van der Waals surface area contributed by atoms with E-state index in [2.05, 4.69) is 97.0 Å². The van der Waals surface area contributed by atoms with Gasteiger partial charge in [0.15, 0.2) is 23.5 Å². The standard InChI is InChI=1S/C25H34O6.C24H31NO.C23H25F3N2OS/c1-4-5-21-30-20-11-17-16-7-6-14-10-15(27)8-9-23(14,2)22(16)18(28)12-24(17,3)25(20,31-21)19(29)13-26;1-3-23(26)24(21-13-7-4-8-14-21,22-15-9-5-10-16-22)19-20(2)25-17-11-6-12-18-25;24-23(25,26)17-7-8-22-20(16-17)18(19-4-1-2-6-21(19)30-22)5-3-9-27-10-12-28(13-11-27)14-15-29/h8-10,16-18,20-22,26,28H,4-7,11-13H2,1-3H3;4-5,7-10,13-16,20H,3,6,11-12,17-19H2,1-2H3;1-2,4-8,16,29H,3,9-15H2/b;;18-5-/t16-,17-,18-,20+,21+,22+,23-,24-,25+;;/m0../s1. The maximum Gasteiger partial charge on any atom is 0.416 e. The van der Waals surface area contributed by atoms with Crippen LogP contribution in [0.1, 0.15) is 139 Å². The third-order valence-electron chi connectivity index (χ3n) is 21.0. The summed E-state index contributed by atoms with van der Waals surface area (Å²) in [6, 6.07) is 33.1. The number of allylic oxidation sites excluding steroid dienone is 4. The number of piperidine rings is 1. The van der Waals surface area contributed by atoms with Gasteiger partial charge in [-0.25, -0.2) is 0 Å². The van der Waals surface area contributed by atoms with Gasteiger partial charge in [0, 0.05) is 78.3 Å². The fourth-order valence-corrected chi connectivity index (χ4v) is 17.8. The van der Waals surface area contributed by atoms with Gasteiger partial charge in [-0.15, -0.1) is 0 Å². The van der Waals surface area contributed by atoms with Crippen molar-refractivity contribution in [2.24, 2.45) is 28.6 Å². The lowest BCUT2D eigenvalue weighted by atomic mass is 9.46. The lowest BCUT2D eigenvalue weighted by molar-refractivity contribution is -0.200. The van der Waals surface area contributed by atoms with Crippen LogP contribution in [0.3, 0.4) is 0 Å². The number of rotatable bonds is 16. The fraction of sp³-hybridized carbons (Fsp3) is 0.542. The zero-order valence-electron chi connectivity index (χ0n) is 51.5. The van der Waals surface area contributed by atoms with Crippen LogP contribution in [0.2, 0.25) is 0 Å². The number of benzene rings is 4. The van der Waals surface area contributed by atoms with E-state index < -0.39 is 53.3 Å². The number of aliphatic hydroxyl groups excluding tert-OH is 3.